The summed E-state index contributed by atoms with van der Waals surface area (Å²) in [5, 5.41) is 14.3. The summed E-state index contributed by atoms with van der Waals surface area (Å²) in [5.41, 5.74) is 0.0876. The van der Waals surface area contributed by atoms with Gasteiger partial charge >= 0.3 is 0 Å². The largest absolute Gasteiger partial charge is 0.455 e. The Morgan fingerprint density at radius 2 is 2.14 bits per heavy atom. The van der Waals surface area contributed by atoms with Gasteiger partial charge in [0.2, 0.25) is 21.6 Å². The Morgan fingerprint density at radius 3 is 2.82 bits per heavy atom. The molecule has 0 radical (unpaired) electrons. The average Bonchev–Trinajstić information content (AvgIpc) is 3.46. The van der Waals surface area contributed by atoms with Gasteiger partial charge in [-0.1, -0.05) is 6.07 Å². The van der Waals surface area contributed by atoms with Gasteiger partial charge in [-0.05, 0) is 31.2 Å². The number of nitrogens with zero attached hydrogens (tertiary/aromatic N) is 3. The molecule has 28 heavy (non-hydrogen) atoms. The van der Waals surface area contributed by atoms with E-state index in [0.717, 1.165) is 17.7 Å². The number of furan rings is 1. The molecule has 0 aromatic carbocycles. The van der Waals surface area contributed by atoms with Crippen LogP contribution in [0.15, 0.2) is 37.3 Å². The summed E-state index contributed by atoms with van der Waals surface area (Å²) in [6, 6.07) is 7.30. The van der Waals surface area contributed by atoms with Crippen LogP contribution in [0.2, 0.25) is 0 Å². The highest BCUT2D eigenvalue weighted by Crippen LogP contribution is 2.33. The smallest absolute Gasteiger partial charge is 0.266 e. The molecule has 4 heterocycles. The molecule has 1 aliphatic rings. The minimum atomic E-state index is -3.61. The fraction of sp³-hybridized carbons (Fsp3) is 0.333. The molecule has 1 saturated heterocycles. The first-order chi connectivity index (χ1) is 13.5. The first-order valence-electron chi connectivity index (χ1n) is 8.77. The normalized spacial score (nSPS) is 15.0. The van der Waals surface area contributed by atoms with Gasteiger partial charge in [0, 0.05) is 24.0 Å². The van der Waals surface area contributed by atoms with Crippen molar-refractivity contribution in [2.24, 2.45) is 0 Å². The third kappa shape index (κ3) is 3.44. The summed E-state index contributed by atoms with van der Waals surface area (Å²) in [6.07, 6.45) is 1.71. The number of rotatable bonds is 6. The quantitative estimate of drug-likeness (QED) is 0.651. The highest BCUT2D eigenvalue weighted by Gasteiger charge is 2.32. The van der Waals surface area contributed by atoms with Gasteiger partial charge in [0.15, 0.2) is 5.76 Å². The predicted molar refractivity (Wildman–Crippen MR) is 103 cm³/mol. The van der Waals surface area contributed by atoms with Crippen LogP contribution in [0, 0.1) is 18.3 Å². The predicted octanol–water partition coefficient (Wildman–Crippen LogP) is 3.57. The number of nitrogens with one attached hydrogen (secondary N) is 1. The van der Waals surface area contributed by atoms with Crippen molar-refractivity contribution in [1.82, 2.24) is 9.29 Å². The van der Waals surface area contributed by atoms with E-state index in [1.807, 2.05) is 23.6 Å². The second-order valence-corrected chi connectivity index (χ2v) is 9.32. The van der Waals surface area contributed by atoms with Crippen LogP contribution in [-0.4, -0.2) is 30.8 Å². The van der Waals surface area contributed by atoms with Gasteiger partial charge in [0.1, 0.15) is 16.7 Å². The Balaban J connectivity index is 1.62. The van der Waals surface area contributed by atoms with Gasteiger partial charge in [-0.3, -0.25) is 0 Å². The van der Waals surface area contributed by atoms with Crippen LogP contribution in [0.3, 0.4) is 0 Å². The molecule has 8 nitrogen and oxygen atoms in total. The SMILES string of the molecule is Cc1oc(-c2nc(C#N)c(NCc3cccs3)o2)cc1S(=O)(=O)N1CCCC1. The van der Waals surface area contributed by atoms with E-state index in [9.17, 15) is 13.7 Å². The van der Waals surface area contributed by atoms with Crippen molar-refractivity contribution < 1.29 is 17.3 Å². The summed E-state index contributed by atoms with van der Waals surface area (Å²) in [4.78, 5) is 5.33. The molecule has 0 amide bonds. The first kappa shape index (κ1) is 18.7. The second kappa shape index (κ2) is 7.43. The molecular weight excluding hydrogens is 400 g/mol. The topological polar surface area (TPSA) is 112 Å². The molecule has 1 fully saturated rings. The van der Waals surface area contributed by atoms with Crippen molar-refractivity contribution >= 4 is 27.2 Å². The number of aromatic nitrogens is 1. The third-order valence-electron chi connectivity index (χ3n) is 4.50. The van der Waals surface area contributed by atoms with Gasteiger partial charge in [-0.15, -0.1) is 11.3 Å². The first-order valence-corrected chi connectivity index (χ1v) is 11.1. The van der Waals surface area contributed by atoms with Crippen molar-refractivity contribution in [3.63, 3.8) is 0 Å². The molecule has 0 spiro atoms. The van der Waals surface area contributed by atoms with Crippen molar-refractivity contribution in [2.45, 2.75) is 31.2 Å². The highest BCUT2D eigenvalue weighted by atomic mass is 32.2. The summed E-state index contributed by atoms with van der Waals surface area (Å²) in [5.74, 6) is 0.739. The van der Waals surface area contributed by atoms with E-state index in [2.05, 4.69) is 10.3 Å². The molecule has 3 aromatic rings. The van der Waals surface area contributed by atoms with E-state index >= 15 is 0 Å². The lowest BCUT2D eigenvalue weighted by molar-refractivity contribution is 0.469. The van der Waals surface area contributed by atoms with E-state index in [0.29, 0.717) is 19.6 Å². The van der Waals surface area contributed by atoms with Crippen molar-refractivity contribution in [3.8, 4) is 17.7 Å². The zero-order valence-corrected chi connectivity index (χ0v) is 16.8. The van der Waals surface area contributed by atoms with Crippen LogP contribution in [0.5, 0.6) is 0 Å². The molecule has 4 rings (SSSR count). The molecule has 0 bridgehead atoms. The van der Waals surface area contributed by atoms with Crippen molar-refractivity contribution in [3.05, 3.63) is 39.9 Å². The van der Waals surface area contributed by atoms with Gasteiger partial charge in [0.05, 0.1) is 6.54 Å². The molecule has 0 unspecified atom stereocenters. The van der Waals surface area contributed by atoms with Crippen LogP contribution in [0.1, 0.15) is 29.2 Å². The molecule has 0 saturated carbocycles. The Bertz CT molecular complexity index is 1120. The number of thiophene rings is 1. The zero-order chi connectivity index (χ0) is 19.7. The lowest BCUT2D eigenvalue weighted by Crippen LogP contribution is -2.27. The summed E-state index contributed by atoms with van der Waals surface area (Å²) in [7, 11) is -3.61. The van der Waals surface area contributed by atoms with Crippen LogP contribution >= 0.6 is 11.3 Å². The van der Waals surface area contributed by atoms with Crippen LogP contribution in [0.25, 0.3) is 11.7 Å². The van der Waals surface area contributed by atoms with Crippen molar-refractivity contribution in [1.29, 1.82) is 5.26 Å². The lowest BCUT2D eigenvalue weighted by atomic mass is 10.4. The number of aryl methyl sites for hydroxylation is 1. The van der Waals surface area contributed by atoms with Gasteiger partial charge in [0.25, 0.3) is 5.89 Å². The number of nitriles is 1. The minimum absolute atomic E-state index is 0.0659. The molecule has 146 valence electrons. The maximum Gasteiger partial charge on any atom is 0.266 e. The Morgan fingerprint density at radius 1 is 1.36 bits per heavy atom. The van der Waals surface area contributed by atoms with Crippen molar-refractivity contribution in [2.75, 3.05) is 18.4 Å². The maximum atomic E-state index is 12.8. The van der Waals surface area contributed by atoms with E-state index in [1.165, 1.54) is 10.4 Å². The van der Waals surface area contributed by atoms with E-state index in [4.69, 9.17) is 8.83 Å². The van der Waals surface area contributed by atoms with E-state index in [-0.39, 0.29) is 33.9 Å². The molecule has 3 aromatic heterocycles. The molecular formula is C18H18N4O4S2. The standard InChI is InChI=1S/C18H18N4O4S2/c1-12-16(28(23,24)22-6-2-3-7-22)9-15(25-12)18-21-14(10-19)17(26-18)20-11-13-5-4-8-27-13/h4-5,8-9,20H,2-3,6-7,11H2,1H3. The number of anilines is 1. The molecule has 10 heteroatoms. The highest BCUT2D eigenvalue weighted by molar-refractivity contribution is 7.89. The zero-order valence-electron chi connectivity index (χ0n) is 15.1. The number of hydrogen-bond acceptors (Lipinski definition) is 8. The number of oxazole rings is 1. The van der Waals surface area contributed by atoms with E-state index < -0.39 is 10.0 Å². The lowest BCUT2D eigenvalue weighted by Gasteiger charge is -2.14. The van der Waals surface area contributed by atoms with Gasteiger partial charge in [-0.25, -0.2) is 8.42 Å². The molecule has 0 atom stereocenters. The second-order valence-electron chi connectivity index (χ2n) is 6.38. The Labute approximate surface area is 166 Å². The van der Waals surface area contributed by atoms with Crippen LogP contribution < -0.4 is 5.32 Å². The minimum Gasteiger partial charge on any atom is -0.455 e. The summed E-state index contributed by atoms with van der Waals surface area (Å²) in [6.45, 7) is 3.11. The van der Waals surface area contributed by atoms with Crippen LogP contribution in [-0.2, 0) is 16.6 Å². The fourth-order valence-corrected chi connectivity index (χ4v) is 5.42. The summed E-state index contributed by atoms with van der Waals surface area (Å²) < 4.78 is 38.4. The van der Waals surface area contributed by atoms with Gasteiger partial charge < -0.3 is 14.2 Å². The molecule has 0 aliphatic carbocycles. The van der Waals surface area contributed by atoms with Gasteiger partial charge in [-0.2, -0.15) is 14.6 Å². The van der Waals surface area contributed by atoms with Crippen LogP contribution in [0.4, 0.5) is 5.88 Å². The third-order valence-corrected chi connectivity index (χ3v) is 7.38. The Kier molecular flexibility index (Phi) is 4.97. The summed E-state index contributed by atoms with van der Waals surface area (Å²) >= 11 is 1.58. The maximum absolute atomic E-state index is 12.8. The molecule has 1 N–H and O–H groups in total. The number of sulfonamides is 1. The monoisotopic (exact) mass is 418 g/mol. The van der Waals surface area contributed by atoms with E-state index in [1.54, 1.807) is 18.3 Å². The molecule has 1 aliphatic heterocycles. The Hall–Kier alpha value is -2.61. The average molecular weight is 419 g/mol. The fourth-order valence-electron chi connectivity index (χ4n) is 3.10. The number of hydrogen-bond donors (Lipinski definition) is 1.